The molecule has 6 heteroatoms. The molecule has 1 atom stereocenters. The van der Waals surface area contributed by atoms with Crippen LogP contribution in [0.15, 0.2) is 30.5 Å². The molecule has 0 saturated carbocycles. The molecule has 6 nitrogen and oxygen atoms in total. The first-order valence-electron chi connectivity index (χ1n) is 6.74. The van der Waals surface area contributed by atoms with Gasteiger partial charge in [0.2, 0.25) is 5.91 Å². The number of fused-ring (bicyclic) bond motifs is 1. The molecule has 2 N–H and O–H groups in total. The van der Waals surface area contributed by atoms with Gasteiger partial charge in [-0.3, -0.25) is 14.3 Å². The van der Waals surface area contributed by atoms with E-state index < -0.39 is 0 Å². The van der Waals surface area contributed by atoms with Crippen molar-refractivity contribution in [3.05, 3.63) is 47.3 Å². The molecule has 108 valence electrons. The number of rotatable bonds is 3. The van der Waals surface area contributed by atoms with Crippen molar-refractivity contribution >= 4 is 17.5 Å². The summed E-state index contributed by atoms with van der Waals surface area (Å²) in [6.45, 7) is 1.84. The van der Waals surface area contributed by atoms with E-state index in [1.807, 2.05) is 25.1 Å². The van der Waals surface area contributed by atoms with E-state index in [0.29, 0.717) is 11.3 Å². The third-order valence-corrected chi connectivity index (χ3v) is 3.56. The van der Waals surface area contributed by atoms with Gasteiger partial charge in [-0.25, -0.2) is 0 Å². The molecule has 0 saturated heterocycles. The Labute approximate surface area is 122 Å². The lowest BCUT2D eigenvalue weighted by Gasteiger charge is -2.11. The minimum absolute atomic E-state index is 0.124. The number of hydrogen-bond donors (Lipinski definition) is 2. The lowest BCUT2D eigenvalue weighted by Crippen LogP contribution is -2.24. The smallest absolute Gasteiger partial charge is 0.252 e. The third-order valence-electron chi connectivity index (χ3n) is 3.56. The molecule has 1 aliphatic rings. The summed E-state index contributed by atoms with van der Waals surface area (Å²) in [5.41, 5.74) is 2.98. The molecular weight excluding hydrogens is 268 g/mol. The molecule has 2 heterocycles. The number of hydrogen-bond acceptors (Lipinski definition) is 3. The van der Waals surface area contributed by atoms with Crippen LogP contribution >= 0.6 is 0 Å². The van der Waals surface area contributed by atoms with Crippen LogP contribution in [0.3, 0.4) is 0 Å². The Morgan fingerprint density at radius 3 is 2.90 bits per heavy atom. The fraction of sp³-hybridized carbons (Fsp3) is 0.267. The fourth-order valence-electron chi connectivity index (χ4n) is 2.59. The summed E-state index contributed by atoms with van der Waals surface area (Å²) in [6, 6.07) is 7.06. The van der Waals surface area contributed by atoms with Crippen LogP contribution < -0.4 is 10.6 Å². The van der Waals surface area contributed by atoms with Crippen molar-refractivity contribution in [1.29, 1.82) is 0 Å². The SMILES string of the molecule is Cc1nn(C)cc1NC(=O)CC1NC(=O)c2ccccc21. The van der Waals surface area contributed by atoms with Gasteiger partial charge >= 0.3 is 0 Å². The molecule has 1 aromatic carbocycles. The summed E-state index contributed by atoms with van der Waals surface area (Å²) in [5, 5.41) is 9.84. The summed E-state index contributed by atoms with van der Waals surface area (Å²) in [5.74, 6) is -0.269. The van der Waals surface area contributed by atoms with Crippen molar-refractivity contribution in [2.24, 2.45) is 7.05 Å². The number of anilines is 1. The largest absolute Gasteiger partial charge is 0.345 e. The van der Waals surface area contributed by atoms with Crippen LogP contribution in [-0.4, -0.2) is 21.6 Å². The van der Waals surface area contributed by atoms with Crippen molar-refractivity contribution in [2.75, 3.05) is 5.32 Å². The Balaban J connectivity index is 1.72. The Morgan fingerprint density at radius 2 is 2.19 bits per heavy atom. The summed E-state index contributed by atoms with van der Waals surface area (Å²) < 4.78 is 1.65. The van der Waals surface area contributed by atoms with E-state index >= 15 is 0 Å². The molecule has 0 radical (unpaired) electrons. The van der Waals surface area contributed by atoms with Crippen LogP contribution in [0.4, 0.5) is 5.69 Å². The van der Waals surface area contributed by atoms with Gasteiger partial charge in [-0.15, -0.1) is 0 Å². The van der Waals surface area contributed by atoms with Crippen LogP contribution in [-0.2, 0) is 11.8 Å². The molecular formula is C15H16N4O2. The molecule has 1 aliphatic heterocycles. The maximum atomic E-state index is 12.1. The van der Waals surface area contributed by atoms with Crippen molar-refractivity contribution in [2.45, 2.75) is 19.4 Å². The molecule has 1 aromatic heterocycles. The van der Waals surface area contributed by atoms with Gasteiger partial charge < -0.3 is 10.6 Å². The second-order valence-electron chi connectivity index (χ2n) is 5.17. The average molecular weight is 284 g/mol. The van der Waals surface area contributed by atoms with E-state index in [1.165, 1.54) is 0 Å². The third kappa shape index (κ3) is 2.52. The number of carbonyl (C=O) groups excluding carboxylic acids is 2. The number of carbonyl (C=O) groups is 2. The minimum Gasteiger partial charge on any atom is -0.345 e. The normalized spacial score (nSPS) is 16.5. The highest BCUT2D eigenvalue weighted by molar-refractivity contribution is 6.00. The number of aromatic nitrogens is 2. The highest BCUT2D eigenvalue weighted by Gasteiger charge is 2.29. The quantitative estimate of drug-likeness (QED) is 0.897. The van der Waals surface area contributed by atoms with Crippen LogP contribution in [0.25, 0.3) is 0 Å². The van der Waals surface area contributed by atoms with E-state index in [4.69, 9.17) is 0 Å². The van der Waals surface area contributed by atoms with Crippen molar-refractivity contribution < 1.29 is 9.59 Å². The van der Waals surface area contributed by atoms with E-state index in [-0.39, 0.29) is 24.3 Å². The second kappa shape index (κ2) is 5.05. The first-order chi connectivity index (χ1) is 10.0. The molecule has 0 fully saturated rings. The van der Waals surface area contributed by atoms with Gasteiger partial charge in [0, 0.05) is 18.8 Å². The topological polar surface area (TPSA) is 76.0 Å². The zero-order valence-electron chi connectivity index (χ0n) is 11.9. The van der Waals surface area contributed by atoms with Crippen molar-refractivity contribution in [1.82, 2.24) is 15.1 Å². The van der Waals surface area contributed by atoms with Gasteiger partial charge in [-0.2, -0.15) is 5.10 Å². The zero-order valence-corrected chi connectivity index (χ0v) is 11.9. The molecule has 2 aromatic rings. The van der Waals surface area contributed by atoms with E-state index in [0.717, 1.165) is 11.3 Å². The van der Waals surface area contributed by atoms with E-state index in [1.54, 1.807) is 24.0 Å². The summed E-state index contributed by atoms with van der Waals surface area (Å²) in [7, 11) is 1.80. The lowest BCUT2D eigenvalue weighted by atomic mass is 10.0. The maximum absolute atomic E-state index is 12.1. The van der Waals surface area contributed by atoms with E-state index in [9.17, 15) is 9.59 Å². The Morgan fingerprint density at radius 1 is 1.43 bits per heavy atom. The highest BCUT2D eigenvalue weighted by atomic mass is 16.2. The van der Waals surface area contributed by atoms with Gasteiger partial charge in [0.25, 0.3) is 5.91 Å². The number of aryl methyl sites for hydroxylation is 2. The van der Waals surface area contributed by atoms with Gasteiger partial charge in [0.05, 0.1) is 23.8 Å². The van der Waals surface area contributed by atoms with Gasteiger partial charge in [-0.05, 0) is 18.6 Å². The van der Waals surface area contributed by atoms with Crippen molar-refractivity contribution in [3.8, 4) is 0 Å². The number of benzene rings is 1. The first kappa shape index (κ1) is 13.4. The molecule has 21 heavy (non-hydrogen) atoms. The zero-order chi connectivity index (χ0) is 15.0. The van der Waals surface area contributed by atoms with Gasteiger partial charge in [0.15, 0.2) is 0 Å². The number of amides is 2. The van der Waals surface area contributed by atoms with Crippen LogP contribution in [0.5, 0.6) is 0 Å². The molecule has 0 bridgehead atoms. The molecule has 0 aliphatic carbocycles. The molecule has 1 unspecified atom stereocenters. The Bertz CT molecular complexity index is 720. The molecule has 2 amide bonds. The van der Waals surface area contributed by atoms with Gasteiger partial charge in [0.1, 0.15) is 0 Å². The number of nitrogens with one attached hydrogen (secondary N) is 2. The Kier molecular flexibility index (Phi) is 3.21. The predicted molar refractivity (Wildman–Crippen MR) is 77.8 cm³/mol. The lowest BCUT2D eigenvalue weighted by molar-refractivity contribution is -0.116. The van der Waals surface area contributed by atoms with Crippen LogP contribution in [0.1, 0.15) is 34.1 Å². The second-order valence-corrected chi connectivity index (χ2v) is 5.17. The van der Waals surface area contributed by atoms with Crippen molar-refractivity contribution in [3.63, 3.8) is 0 Å². The molecule has 0 spiro atoms. The predicted octanol–water partition coefficient (Wildman–Crippen LogP) is 1.54. The summed E-state index contributed by atoms with van der Waals surface area (Å²) in [4.78, 5) is 24.0. The number of nitrogens with zero attached hydrogens (tertiary/aromatic N) is 2. The summed E-state index contributed by atoms with van der Waals surface area (Å²) in [6.07, 6.45) is 1.96. The van der Waals surface area contributed by atoms with E-state index in [2.05, 4.69) is 15.7 Å². The van der Waals surface area contributed by atoms with Crippen LogP contribution in [0, 0.1) is 6.92 Å². The highest BCUT2D eigenvalue weighted by Crippen LogP contribution is 2.27. The van der Waals surface area contributed by atoms with Gasteiger partial charge in [-0.1, -0.05) is 18.2 Å². The first-order valence-corrected chi connectivity index (χ1v) is 6.74. The maximum Gasteiger partial charge on any atom is 0.252 e. The van der Waals surface area contributed by atoms with Crippen LogP contribution in [0.2, 0.25) is 0 Å². The standard InChI is InChI=1S/C15H16N4O2/c1-9-13(8-19(2)18-9)16-14(20)7-12-10-5-3-4-6-11(10)15(21)17-12/h3-6,8,12H,7H2,1-2H3,(H,16,20)(H,17,21). The molecule has 3 rings (SSSR count). The summed E-state index contributed by atoms with van der Waals surface area (Å²) >= 11 is 0. The Hall–Kier alpha value is -2.63. The minimum atomic E-state index is -0.273. The monoisotopic (exact) mass is 284 g/mol. The fourth-order valence-corrected chi connectivity index (χ4v) is 2.59. The average Bonchev–Trinajstić information content (AvgIpc) is 2.91.